The smallest absolute Gasteiger partial charge is 0.0710 e. The Morgan fingerprint density at radius 1 is 1.50 bits per heavy atom. The van der Waals surface area contributed by atoms with Gasteiger partial charge in [0.2, 0.25) is 0 Å². The maximum Gasteiger partial charge on any atom is 0.0710 e. The van der Waals surface area contributed by atoms with Gasteiger partial charge in [0.25, 0.3) is 0 Å². The van der Waals surface area contributed by atoms with Crippen molar-refractivity contribution in [2.24, 2.45) is 0 Å². The van der Waals surface area contributed by atoms with Crippen molar-refractivity contribution < 1.29 is 4.74 Å². The molecule has 16 heavy (non-hydrogen) atoms. The molecule has 1 aliphatic rings. The Balaban J connectivity index is 2.02. The van der Waals surface area contributed by atoms with Gasteiger partial charge >= 0.3 is 0 Å². The molecule has 1 atom stereocenters. The lowest BCUT2D eigenvalue weighted by Crippen LogP contribution is -2.22. The fraction of sp³-hybridized carbons (Fsp3) is 0.538. The van der Waals surface area contributed by atoms with Gasteiger partial charge in [-0.2, -0.15) is 0 Å². The lowest BCUT2D eigenvalue weighted by Gasteiger charge is -2.17. The van der Waals surface area contributed by atoms with Gasteiger partial charge in [0.05, 0.1) is 6.10 Å². The minimum atomic E-state index is 0.404. The molecule has 3 nitrogen and oxygen atoms in total. The molecule has 0 radical (unpaired) electrons. The number of nitrogens with two attached hydrogens (primary N) is 1. The Bertz CT molecular complexity index is 365. The van der Waals surface area contributed by atoms with Gasteiger partial charge in [0.15, 0.2) is 0 Å². The highest BCUT2D eigenvalue weighted by molar-refractivity contribution is 5.49. The number of anilines is 1. The standard InChI is InChI=1S/C13H20N2O/c1-10-11(4-3-5-13(10)14)8-15-7-6-12(9-15)16-2/h3-5,12H,6-9,14H2,1-2H3. The summed E-state index contributed by atoms with van der Waals surface area (Å²) in [6, 6.07) is 6.15. The number of nitrogen functional groups attached to an aromatic ring is 1. The van der Waals surface area contributed by atoms with E-state index >= 15 is 0 Å². The van der Waals surface area contributed by atoms with E-state index in [1.807, 2.05) is 12.1 Å². The van der Waals surface area contributed by atoms with Crippen molar-refractivity contribution in [1.82, 2.24) is 4.90 Å². The Labute approximate surface area is 97.2 Å². The molecule has 88 valence electrons. The van der Waals surface area contributed by atoms with E-state index in [0.29, 0.717) is 6.10 Å². The minimum absolute atomic E-state index is 0.404. The van der Waals surface area contributed by atoms with Gasteiger partial charge < -0.3 is 10.5 Å². The molecule has 1 saturated heterocycles. The van der Waals surface area contributed by atoms with Gasteiger partial charge in [0, 0.05) is 32.4 Å². The van der Waals surface area contributed by atoms with Crippen molar-refractivity contribution in [3.63, 3.8) is 0 Å². The van der Waals surface area contributed by atoms with Crippen molar-refractivity contribution in [2.45, 2.75) is 26.0 Å². The minimum Gasteiger partial charge on any atom is -0.399 e. The summed E-state index contributed by atoms with van der Waals surface area (Å²) in [6.07, 6.45) is 1.54. The summed E-state index contributed by atoms with van der Waals surface area (Å²) in [5.74, 6) is 0. The zero-order valence-electron chi connectivity index (χ0n) is 10.1. The molecule has 1 unspecified atom stereocenters. The number of ether oxygens (including phenoxy) is 1. The zero-order chi connectivity index (χ0) is 11.5. The first kappa shape index (κ1) is 11.4. The molecular weight excluding hydrogens is 200 g/mol. The average Bonchev–Trinajstić information content (AvgIpc) is 2.73. The lowest BCUT2D eigenvalue weighted by molar-refractivity contribution is 0.107. The van der Waals surface area contributed by atoms with E-state index < -0.39 is 0 Å². The van der Waals surface area contributed by atoms with Gasteiger partial charge in [-0.05, 0) is 30.5 Å². The molecule has 0 spiro atoms. The predicted octanol–water partition coefficient (Wildman–Crippen LogP) is 1.80. The van der Waals surface area contributed by atoms with Crippen molar-refractivity contribution in [2.75, 3.05) is 25.9 Å². The quantitative estimate of drug-likeness (QED) is 0.789. The van der Waals surface area contributed by atoms with Crippen LogP contribution in [0.15, 0.2) is 18.2 Å². The fourth-order valence-electron chi connectivity index (χ4n) is 2.25. The van der Waals surface area contributed by atoms with Crippen LogP contribution in [0.2, 0.25) is 0 Å². The zero-order valence-corrected chi connectivity index (χ0v) is 10.1. The van der Waals surface area contributed by atoms with E-state index in [-0.39, 0.29) is 0 Å². The Hall–Kier alpha value is -1.06. The fourth-order valence-corrected chi connectivity index (χ4v) is 2.25. The summed E-state index contributed by atoms with van der Waals surface area (Å²) < 4.78 is 5.37. The molecule has 0 amide bonds. The van der Waals surface area contributed by atoms with Crippen LogP contribution in [0, 0.1) is 6.92 Å². The summed E-state index contributed by atoms with van der Waals surface area (Å²) in [6.45, 7) is 5.22. The molecule has 1 fully saturated rings. The van der Waals surface area contributed by atoms with Crippen molar-refractivity contribution in [3.8, 4) is 0 Å². The molecule has 1 aliphatic heterocycles. The molecule has 1 heterocycles. The van der Waals surface area contributed by atoms with Crippen LogP contribution in [-0.4, -0.2) is 31.2 Å². The molecule has 1 aromatic carbocycles. The third kappa shape index (κ3) is 2.36. The summed E-state index contributed by atoms with van der Waals surface area (Å²) in [7, 11) is 1.79. The molecule has 0 aliphatic carbocycles. The van der Waals surface area contributed by atoms with E-state index in [1.54, 1.807) is 7.11 Å². The maximum absolute atomic E-state index is 5.91. The van der Waals surface area contributed by atoms with E-state index in [0.717, 1.165) is 31.7 Å². The highest BCUT2D eigenvalue weighted by Crippen LogP contribution is 2.20. The highest BCUT2D eigenvalue weighted by Gasteiger charge is 2.22. The Kier molecular flexibility index (Phi) is 3.46. The van der Waals surface area contributed by atoms with Crippen LogP contribution in [0.3, 0.4) is 0 Å². The highest BCUT2D eigenvalue weighted by atomic mass is 16.5. The van der Waals surface area contributed by atoms with E-state index in [2.05, 4.69) is 17.9 Å². The molecule has 3 heteroatoms. The second-order valence-corrected chi connectivity index (χ2v) is 4.51. The topological polar surface area (TPSA) is 38.5 Å². The predicted molar refractivity (Wildman–Crippen MR) is 66.3 cm³/mol. The third-order valence-electron chi connectivity index (χ3n) is 3.44. The Morgan fingerprint density at radius 2 is 2.31 bits per heavy atom. The van der Waals surface area contributed by atoms with Gasteiger partial charge in [-0.3, -0.25) is 4.90 Å². The van der Waals surface area contributed by atoms with Crippen LogP contribution in [0.1, 0.15) is 17.5 Å². The molecule has 2 rings (SSSR count). The summed E-state index contributed by atoms with van der Waals surface area (Å²) in [4.78, 5) is 2.43. The largest absolute Gasteiger partial charge is 0.399 e. The van der Waals surface area contributed by atoms with E-state index in [9.17, 15) is 0 Å². The van der Waals surface area contributed by atoms with Crippen molar-refractivity contribution in [1.29, 1.82) is 0 Å². The van der Waals surface area contributed by atoms with Gasteiger partial charge in [0.1, 0.15) is 0 Å². The van der Waals surface area contributed by atoms with Crippen LogP contribution < -0.4 is 5.73 Å². The first-order valence-electron chi connectivity index (χ1n) is 5.80. The van der Waals surface area contributed by atoms with Crippen LogP contribution >= 0.6 is 0 Å². The first-order valence-corrected chi connectivity index (χ1v) is 5.80. The Morgan fingerprint density at radius 3 is 3.00 bits per heavy atom. The van der Waals surface area contributed by atoms with Gasteiger partial charge in [-0.15, -0.1) is 0 Å². The number of likely N-dealkylation sites (tertiary alicyclic amines) is 1. The van der Waals surface area contributed by atoms with Crippen LogP contribution in [0.5, 0.6) is 0 Å². The summed E-state index contributed by atoms with van der Waals surface area (Å²) in [5, 5.41) is 0. The second-order valence-electron chi connectivity index (χ2n) is 4.51. The van der Waals surface area contributed by atoms with Gasteiger partial charge in [-0.25, -0.2) is 0 Å². The second kappa shape index (κ2) is 4.85. The molecule has 0 saturated carbocycles. The monoisotopic (exact) mass is 220 g/mol. The molecule has 2 N–H and O–H groups in total. The van der Waals surface area contributed by atoms with Crippen LogP contribution in [0.25, 0.3) is 0 Å². The number of hydrogen-bond donors (Lipinski definition) is 1. The normalized spacial score (nSPS) is 21.5. The number of hydrogen-bond acceptors (Lipinski definition) is 3. The average molecular weight is 220 g/mol. The van der Waals surface area contributed by atoms with E-state index in [4.69, 9.17) is 10.5 Å². The van der Waals surface area contributed by atoms with Crippen molar-refractivity contribution >= 4 is 5.69 Å². The van der Waals surface area contributed by atoms with Crippen LogP contribution in [-0.2, 0) is 11.3 Å². The molecule has 0 bridgehead atoms. The molecular formula is C13H20N2O. The number of methoxy groups -OCH3 is 1. The third-order valence-corrected chi connectivity index (χ3v) is 3.44. The van der Waals surface area contributed by atoms with E-state index in [1.165, 1.54) is 11.1 Å². The lowest BCUT2D eigenvalue weighted by atomic mass is 10.1. The number of nitrogens with zero attached hydrogens (tertiary/aromatic N) is 1. The summed E-state index contributed by atoms with van der Waals surface area (Å²) >= 11 is 0. The van der Waals surface area contributed by atoms with Crippen LogP contribution in [0.4, 0.5) is 5.69 Å². The maximum atomic E-state index is 5.91. The summed E-state index contributed by atoms with van der Waals surface area (Å²) in [5.41, 5.74) is 9.34. The number of benzene rings is 1. The molecule has 1 aromatic rings. The van der Waals surface area contributed by atoms with Crippen molar-refractivity contribution in [3.05, 3.63) is 29.3 Å². The molecule has 0 aromatic heterocycles. The SMILES string of the molecule is COC1CCN(Cc2cccc(N)c2C)C1. The van der Waals surface area contributed by atoms with Gasteiger partial charge in [-0.1, -0.05) is 12.1 Å². The number of rotatable bonds is 3. The first-order chi connectivity index (χ1) is 7.70.